The van der Waals surface area contributed by atoms with Crippen LogP contribution in [0.25, 0.3) is 16.6 Å². The lowest BCUT2D eigenvalue weighted by molar-refractivity contribution is 0.326. The fraction of sp³-hybridized carbons (Fsp3) is 0.167. The Labute approximate surface area is 213 Å². The number of fused-ring (bicyclic) bond motifs is 1. The second kappa shape index (κ2) is 10.3. The first kappa shape index (κ1) is 25.1. The molecule has 0 unspecified atom stereocenters. The molecule has 4 rings (SSSR count). The second-order valence-corrected chi connectivity index (χ2v) is 9.00. The molecule has 0 spiro atoms. The van der Waals surface area contributed by atoms with Gasteiger partial charge in [0.05, 0.1) is 37.4 Å². The molecule has 1 heterocycles. The summed E-state index contributed by atoms with van der Waals surface area (Å²) in [5.74, 6) is -0.980. The highest BCUT2D eigenvalue weighted by molar-refractivity contribution is 7.98. The number of hydrogen-bond donors (Lipinski definition) is 0. The monoisotopic (exact) mass is 538 g/mol. The zero-order valence-electron chi connectivity index (χ0n) is 18.7. The van der Waals surface area contributed by atoms with E-state index in [1.165, 1.54) is 38.0 Å². The van der Waals surface area contributed by atoms with Crippen molar-refractivity contribution in [3.05, 3.63) is 80.1 Å². The molecule has 35 heavy (non-hydrogen) atoms. The molecule has 182 valence electrons. The molecule has 0 aliphatic rings. The van der Waals surface area contributed by atoms with E-state index in [2.05, 4.69) is 4.98 Å². The van der Waals surface area contributed by atoms with Gasteiger partial charge in [0.15, 0.2) is 28.3 Å². The number of nitrogens with zero attached hydrogens (tertiary/aromatic N) is 2. The molecule has 0 amide bonds. The Morgan fingerprint density at radius 1 is 0.943 bits per heavy atom. The summed E-state index contributed by atoms with van der Waals surface area (Å²) in [7, 11) is 4.30. The molecule has 3 aromatic carbocycles. The molecule has 0 radical (unpaired) electrons. The Morgan fingerprint density at radius 2 is 1.69 bits per heavy atom. The lowest BCUT2D eigenvalue weighted by Crippen LogP contribution is -2.22. The van der Waals surface area contributed by atoms with Crippen LogP contribution in [0.3, 0.4) is 0 Å². The maximum Gasteiger partial charge on any atom is 0.266 e. The molecule has 1 aromatic heterocycles. The SMILES string of the molecule is COc1cc2c(=O)n(-c3cc(Cl)ccc3Cl)c(SCc3ccc(F)c(F)c3)nc2c(OC)c1OC. The van der Waals surface area contributed by atoms with Crippen LogP contribution < -0.4 is 19.8 Å². The van der Waals surface area contributed by atoms with Gasteiger partial charge in [-0.1, -0.05) is 41.0 Å². The van der Waals surface area contributed by atoms with E-state index < -0.39 is 17.2 Å². The van der Waals surface area contributed by atoms with Crippen LogP contribution in [0, 0.1) is 11.6 Å². The summed E-state index contributed by atoms with van der Waals surface area (Å²) >= 11 is 13.8. The first-order valence-electron chi connectivity index (χ1n) is 10.1. The van der Waals surface area contributed by atoms with Crippen molar-refractivity contribution in [2.45, 2.75) is 10.9 Å². The summed E-state index contributed by atoms with van der Waals surface area (Å²) in [6.07, 6.45) is 0. The van der Waals surface area contributed by atoms with Crippen LogP contribution in [0.2, 0.25) is 10.0 Å². The van der Waals surface area contributed by atoms with Crippen LogP contribution in [0.5, 0.6) is 17.2 Å². The van der Waals surface area contributed by atoms with E-state index in [0.29, 0.717) is 16.3 Å². The Balaban J connectivity index is 2.00. The third kappa shape index (κ3) is 4.76. The third-order valence-corrected chi connectivity index (χ3v) is 6.70. The molecule has 0 atom stereocenters. The predicted octanol–water partition coefficient (Wildman–Crippen LogP) is 6.29. The van der Waals surface area contributed by atoms with Gasteiger partial charge >= 0.3 is 0 Å². The highest BCUT2D eigenvalue weighted by Crippen LogP contribution is 2.42. The van der Waals surface area contributed by atoms with Crippen LogP contribution in [-0.4, -0.2) is 30.9 Å². The van der Waals surface area contributed by atoms with Crippen molar-refractivity contribution in [2.75, 3.05) is 21.3 Å². The number of methoxy groups -OCH3 is 3. The molecule has 4 aromatic rings. The Bertz CT molecular complexity index is 1500. The lowest BCUT2D eigenvalue weighted by atomic mass is 10.2. The standard InChI is InChI=1S/C24H18Cl2F2N2O4S/c1-32-19-10-14-20(22(34-3)21(19)33-2)29-24(35-11-12-4-7-16(27)17(28)8-12)30(23(14)31)18-9-13(25)5-6-15(18)26/h4-10H,11H2,1-3H3. The van der Waals surface area contributed by atoms with Crippen LogP contribution in [-0.2, 0) is 5.75 Å². The minimum atomic E-state index is -0.969. The number of ether oxygens (including phenoxy) is 3. The van der Waals surface area contributed by atoms with Gasteiger partial charge in [0, 0.05) is 10.8 Å². The van der Waals surface area contributed by atoms with Crippen molar-refractivity contribution in [1.29, 1.82) is 0 Å². The van der Waals surface area contributed by atoms with Crippen molar-refractivity contribution in [3.8, 4) is 22.9 Å². The summed E-state index contributed by atoms with van der Waals surface area (Å²) in [5, 5.41) is 1.03. The van der Waals surface area contributed by atoms with Gasteiger partial charge < -0.3 is 14.2 Å². The van der Waals surface area contributed by atoms with Gasteiger partial charge in [-0.25, -0.2) is 13.8 Å². The molecule has 0 aliphatic carbocycles. The van der Waals surface area contributed by atoms with E-state index >= 15 is 0 Å². The lowest BCUT2D eigenvalue weighted by Gasteiger charge is -2.18. The minimum absolute atomic E-state index is 0.183. The molecular formula is C24H18Cl2F2N2O4S. The Morgan fingerprint density at radius 3 is 2.34 bits per heavy atom. The number of halogens is 4. The normalized spacial score (nSPS) is 11.1. The molecule has 0 N–H and O–H groups in total. The minimum Gasteiger partial charge on any atom is -0.493 e. The maximum atomic E-state index is 13.8. The summed E-state index contributed by atoms with van der Waals surface area (Å²) in [6.45, 7) is 0. The van der Waals surface area contributed by atoms with E-state index in [1.54, 1.807) is 18.2 Å². The molecule has 6 nitrogen and oxygen atoms in total. The van der Waals surface area contributed by atoms with Crippen molar-refractivity contribution in [3.63, 3.8) is 0 Å². The molecule has 0 saturated heterocycles. The number of benzene rings is 3. The molecule has 0 fully saturated rings. The van der Waals surface area contributed by atoms with E-state index in [1.807, 2.05) is 0 Å². The van der Waals surface area contributed by atoms with Crippen LogP contribution >= 0.6 is 35.0 Å². The number of aromatic nitrogens is 2. The summed E-state index contributed by atoms with van der Waals surface area (Å²) < 4.78 is 44.8. The van der Waals surface area contributed by atoms with E-state index in [-0.39, 0.29) is 44.1 Å². The van der Waals surface area contributed by atoms with Gasteiger partial charge in [0.2, 0.25) is 5.75 Å². The Hall–Kier alpha value is -3.01. The highest BCUT2D eigenvalue weighted by Gasteiger charge is 2.23. The van der Waals surface area contributed by atoms with E-state index in [0.717, 1.165) is 23.9 Å². The summed E-state index contributed by atoms with van der Waals surface area (Å²) in [6, 6.07) is 9.79. The van der Waals surface area contributed by atoms with Crippen molar-refractivity contribution in [2.24, 2.45) is 0 Å². The van der Waals surface area contributed by atoms with Crippen molar-refractivity contribution >= 4 is 45.9 Å². The predicted molar refractivity (Wildman–Crippen MR) is 133 cm³/mol. The topological polar surface area (TPSA) is 62.6 Å². The van der Waals surface area contributed by atoms with Gasteiger partial charge in [-0.3, -0.25) is 9.36 Å². The first-order chi connectivity index (χ1) is 16.8. The largest absolute Gasteiger partial charge is 0.493 e. The van der Waals surface area contributed by atoms with E-state index in [9.17, 15) is 13.6 Å². The van der Waals surface area contributed by atoms with Gasteiger partial charge in [-0.2, -0.15) is 0 Å². The van der Waals surface area contributed by atoms with Crippen LogP contribution in [0.1, 0.15) is 5.56 Å². The highest BCUT2D eigenvalue weighted by atomic mass is 35.5. The zero-order chi connectivity index (χ0) is 25.3. The maximum absolute atomic E-state index is 13.8. The van der Waals surface area contributed by atoms with Crippen molar-refractivity contribution in [1.82, 2.24) is 9.55 Å². The average molecular weight is 539 g/mol. The second-order valence-electron chi connectivity index (χ2n) is 7.21. The third-order valence-electron chi connectivity index (χ3n) is 5.14. The summed E-state index contributed by atoms with van der Waals surface area (Å²) in [5.41, 5.74) is 0.565. The number of rotatable bonds is 7. The van der Waals surface area contributed by atoms with Crippen molar-refractivity contribution < 1.29 is 23.0 Å². The van der Waals surface area contributed by atoms with Crippen LogP contribution in [0.15, 0.2) is 52.4 Å². The number of thioether (sulfide) groups is 1. The quantitative estimate of drug-likeness (QED) is 0.203. The van der Waals surface area contributed by atoms with Gasteiger partial charge in [-0.05, 0) is 42.0 Å². The summed E-state index contributed by atoms with van der Waals surface area (Å²) in [4.78, 5) is 18.5. The molecular weight excluding hydrogens is 521 g/mol. The average Bonchev–Trinajstić information content (AvgIpc) is 2.85. The molecule has 0 bridgehead atoms. The first-order valence-corrected chi connectivity index (χ1v) is 11.8. The fourth-order valence-electron chi connectivity index (χ4n) is 3.51. The smallest absolute Gasteiger partial charge is 0.266 e. The van der Waals surface area contributed by atoms with E-state index in [4.69, 9.17) is 37.4 Å². The molecule has 0 saturated carbocycles. The fourth-order valence-corrected chi connectivity index (χ4v) is 4.82. The van der Waals surface area contributed by atoms with Crippen LogP contribution in [0.4, 0.5) is 8.78 Å². The van der Waals surface area contributed by atoms with Gasteiger partial charge in [-0.15, -0.1) is 0 Å². The van der Waals surface area contributed by atoms with Gasteiger partial charge in [0.25, 0.3) is 5.56 Å². The molecule has 11 heteroatoms. The Kier molecular flexibility index (Phi) is 7.39. The zero-order valence-corrected chi connectivity index (χ0v) is 21.0. The molecule has 0 aliphatic heterocycles. The number of hydrogen-bond acceptors (Lipinski definition) is 6. The van der Waals surface area contributed by atoms with Gasteiger partial charge in [0.1, 0.15) is 5.52 Å².